The van der Waals surface area contributed by atoms with Crippen molar-refractivity contribution in [3.8, 4) is 0 Å². The fourth-order valence-corrected chi connectivity index (χ4v) is 1.71. The van der Waals surface area contributed by atoms with E-state index in [1.165, 1.54) is 0 Å². The predicted molar refractivity (Wildman–Crippen MR) is 83.1 cm³/mol. The van der Waals surface area contributed by atoms with E-state index in [0.29, 0.717) is 36.1 Å². The molecule has 0 radical (unpaired) electrons. The highest BCUT2D eigenvalue weighted by Gasteiger charge is 2.08. The third kappa shape index (κ3) is 6.23. The molecule has 6 heteroatoms. The van der Waals surface area contributed by atoms with Gasteiger partial charge in [0.2, 0.25) is 5.91 Å². The number of halogens is 1. The number of hydrogen-bond acceptors (Lipinski definition) is 4. The van der Waals surface area contributed by atoms with Gasteiger partial charge in [-0.3, -0.25) is 9.69 Å². The summed E-state index contributed by atoms with van der Waals surface area (Å²) in [5.74, 6) is -0.0984. The van der Waals surface area contributed by atoms with Crippen molar-refractivity contribution in [2.24, 2.45) is 0 Å². The van der Waals surface area contributed by atoms with Gasteiger partial charge in [-0.25, -0.2) is 0 Å². The van der Waals surface area contributed by atoms with Crippen LogP contribution in [0.3, 0.4) is 0 Å². The van der Waals surface area contributed by atoms with Crippen molar-refractivity contribution < 1.29 is 9.53 Å². The normalized spacial score (nSPS) is 11.1. The SMILES string of the molecule is CC(C)OCCN(C)CC(=O)Nc1ccc(Cl)c(N)c1. The second-order valence-corrected chi connectivity index (χ2v) is 5.35. The van der Waals surface area contributed by atoms with Crippen LogP contribution in [0.1, 0.15) is 13.8 Å². The number of nitrogens with one attached hydrogen (secondary N) is 1. The number of ether oxygens (including phenoxy) is 1. The Morgan fingerprint density at radius 2 is 2.20 bits per heavy atom. The highest BCUT2D eigenvalue weighted by Crippen LogP contribution is 2.22. The highest BCUT2D eigenvalue weighted by atomic mass is 35.5. The van der Waals surface area contributed by atoms with Crippen LogP contribution in [0.5, 0.6) is 0 Å². The molecule has 0 saturated carbocycles. The Bertz CT molecular complexity index is 452. The number of benzene rings is 1. The summed E-state index contributed by atoms with van der Waals surface area (Å²) < 4.78 is 5.44. The first-order valence-corrected chi connectivity index (χ1v) is 6.91. The molecule has 1 aromatic rings. The van der Waals surface area contributed by atoms with Crippen molar-refractivity contribution in [2.75, 3.05) is 37.8 Å². The first kappa shape index (κ1) is 16.8. The molecule has 3 N–H and O–H groups in total. The Kier molecular flexibility index (Phi) is 6.78. The molecule has 0 unspecified atom stereocenters. The summed E-state index contributed by atoms with van der Waals surface area (Å²) in [4.78, 5) is 13.7. The summed E-state index contributed by atoms with van der Waals surface area (Å²) in [5.41, 5.74) is 6.77. The Labute approximate surface area is 125 Å². The maximum absolute atomic E-state index is 11.8. The summed E-state index contributed by atoms with van der Waals surface area (Å²) in [6.45, 7) is 5.57. The zero-order chi connectivity index (χ0) is 15.1. The third-order valence-corrected chi connectivity index (χ3v) is 2.96. The largest absolute Gasteiger partial charge is 0.397 e. The molecule has 0 atom stereocenters. The number of carbonyl (C=O) groups is 1. The number of rotatable bonds is 7. The lowest BCUT2D eigenvalue weighted by Crippen LogP contribution is -2.33. The molecule has 1 rings (SSSR count). The number of carbonyl (C=O) groups excluding carboxylic acids is 1. The van der Waals surface area contributed by atoms with Crippen molar-refractivity contribution in [1.29, 1.82) is 0 Å². The molecule has 5 nitrogen and oxygen atoms in total. The first-order valence-electron chi connectivity index (χ1n) is 6.53. The van der Waals surface area contributed by atoms with Gasteiger partial charge in [-0.05, 0) is 39.1 Å². The number of likely N-dealkylation sites (N-methyl/N-ethyl adjacent to an activating group) is 1. The van der Waals surface area contributed by atoms with E-state index in [1.807, 2.05) is 25.8 Å². The van der Waals surface area contributed by atoms with Gasteiger partial charge < -0.3 is 15.8 Å². The lowest BCUT2D eigenvalue weighted by Gasteiger charge is -2.17. The van der Waals surface area contributed by atoms with Crippen LogP contribution in [0.15, 0.2) is 18.2 Å². The van der Waals surface area contributed by atoms with Gasteiger partial charge in [0, 0.05) is 12.2 Å². The summed E-state index contributed by atoms with van der Waals surface area (Å²) in [6.07, 6.45) is 0.203. The van der Waals surface area contributed by atoms with Crippen LogP contribution in [0.25, 0.3) is 0 Å². The molecule has 0 bridgehead atoms. The lowest BCUT2D eigenvalue weighted by molar-refractivity contribution is -0.117. The molecule has 0 fully saturated rings. The van der Waals surface area contributed by atoms with Gasteiger partial charge in [0.05, 0.1) is 30.0 Å². The number of hydrogen-bond donors (Lipinski definition) is 2. The lowest BCUT2D eigenvalue weighted by atomic mass is 10.3. The molecule has 0 aliphatic heterocycles. The molecule has 20 heavy (non-hydrogen) atoms. The van der Waals surface area contributed by atoms with Crippen LogP contribution in [0.2, 0.25) is 5.02 Å². The average molecular weight is 300 g/mol. The van der Waals surface area contributed by atoms with E-state index in [1.54, 1.807) is 18.2 Å². The number of anilines is 2. The quantitative estimate of drug-likeness (QED) is 0.758. The van der Waals surface area contributed by atoms with Gasteiger partial charge in [0.15, 0.2) is 0 Å². The molecule has 112 valence electrons. The molecule has 0 saturated heterocycles. The maximum atomic E-state index is 11.8. The van der Waals surface area contributed by atoms with E-state index >= 15 is 0 Å². The zero-order valence-electron chi connectivity index (χ0n) is 12.1. The molecule has 0 aliphatic rings. The van der Waals surface area contributed by atoms with E-state index in [-0.39, 0.29) is 12.0 Å². The smallest absolute Gasteiger partial charge is 0.238 e. The highest BCUT2D eigenvalue weighted by molar-refractivity contribution is 6.33. The molecule has 0 aromatic heterocycles. The Balaban J connectivity index is 2.37. The molecule has 1 amide bonds. The van der Waals surface area contributed by atoms with E-state index in [0.717, 1.165) is 0 Å². The van der Waals surface area contributed by atoms with Crippen LogP contribution in [0.4, 0.5) is 11.4 Å². The second kappa shape index (κ2) is 8.09. The summed E-state index contributed by atoms with van der Waals surface area (Å²) >= 11 is 5.82. The summed E-state index contributed by atoms with van der Waals surface area (Å²) in [7, 11) is 1.87. The van der Waals surface area contributed by atoms with Gasteiger partial charge in [-0.2, -0.15) is 0 Å². The van der Waals surface area contributed by atoms with Crippen molar-refractivity contribution in [2.45, 2.75) is 20.0 Å². The number of nitrogens with two attached hydrogens (primary N) is 1. The molecule has 0 heterocycles. The molecular weight excluding hydrogens is 278 g/mol. The maximum Gasteiger partial charge on any atom is 0.238 e. The van der Waals surface area contributed by atoms with Crippen molar-refractivity contribution in [1.82, 2.24) is 4.90 Å². The molecule has 0 aliphatic carbocycles. The van der Waals surface area contributed by atoms with Gasteiger partial charge in [-0.1, -0.05) is 11.6 Å². The van der Waals surface area contributed by atoms with Crippen LogP contribution in [0, 0.1) is 0 Å². The van der Waals surface area contributed by atoms with Crippen LogP contribution in [-0.4, -0.2) is 43.7 Å². The minimum absolute atomic E-state index is 0.0984. The van der Waals surface area contributed by atoms with Crippen molar-refractivity contribution in [3.05, 3.63) is 23.2 Å². The Morgan fingerprint density at radius 1 is 1.50 bits per heavy atom. The van der Waals surface area contributed by atoms with Crippen molar-refractivity contribution in [3.63, 3.8) is 0 Å². The standard InChI is InChI=1S/C14H22ClN3O2/c1-10(2)20-7-6-18(3)9-14(19)17-11-4-5-12(15)13(16)8-11/h4-5,8,10H,6-7,9,16H2,1-3H3,(H,17,19). The number of nitrogens with zero attached hydrogens (tertiary/aromatic N) is 1. The van der Waals surface area contributed by atoms with E-state index in [4.69, 9.17) is 22.1 Å². The molecular formula is C14H22ClN3O2. The predicted octanol–water partition coefficient (Wildman–Crippen LogP) is 2.22. The number of amides is 1. The van der Waals surface area contributed by atoms with E-state index < -0.39 is 0 Å². The van der Waals surface area contributed by atoms with E-state index in [9.17, 15) is 4.79 Å². The minimum atomic E-state index is -0.0984. The van der Waals surface area contributed by atoms with Crippen molar-refractivity contribution >= 4 is 28.9 Å². The topological polar surface area (TPSA) is 67.6 Å². The Morgan fingerprint density at radius 3 is 2.80 bits per heavy atom. The van der Waals surface area contributed by atoms with E-state index in [2.05, 4.69) is 5.32 Å². The fraction of sp³-hybridized carbons (Fsp3) is 0.500. The van der Waals surface area contributed by atoms with Crippen LogP contribution < -0.4 is 11.1 Å². The van der Waals surface area contributed by atoms with Crippen LogP contribution >= 0.6 is 11.6 Å². The van der Waals surface area contributed by atoms with Gasteiger partial charge in [0.25, 0.3) is 0 Å². The van der Waals surface area contributed by atoms with Gasteiger partial charge in [0.1, 0.15) is 0 Å². The summed E-state index contributed by atoms with van der Waals surface area (Å²) in [6, 6.07) is 5.02. The summed E-state index contributed by atoms with van der Waals surface area (Å²) in [5, 5.41) is 3.26. The zero-order valence-corrected chi connectivity index (χ0v) is 12.9. The monoisotopic (exact) mass is 299 g/mol. The second-order valence-electron chi connectivity index (χ2n) is 4.94. The fourth-order valence-electron chi connectivity index (χ4n) is 1.59. The first-order chi connectivity index (χ1) is 9.38. The average Bonchev–Trinajstić information content (AvgIpc) is 2.33. The van der Waals surface area contributed by atoms with Crippen LogP contribution in [-0.2, 0) is 9.53 Å². The Hall–Kier alpha value is -1.30. The minimum Gasteiger partial charge on any atom is -0.397 e. The number of nitrogen functional groups attached to an aromatic ring is 1. The van der Waals surface area contributed by atoms with Gasteiger partial charge >= 0.3 is 0 Å². The van der Waals surface area contributed by atoms with Gasteiger partial charge in [-0.15, -0.1) is 0 Å². The molecule has 1 aromatic carbocycles. The third-order valence-electron chi connectivity index (χ3n) is 2.62. The molecule has 0 spiro atoms.